The molecule has 3 nitrogen and oxygen atoms in total. The summed E-state index contributed by atoms with van der Waals surface area (Å²) in [5, 5.41) is 10.2. The number of aromatic nitrogens is 1. The number of rotatable bonds is 5. The second-order valence-corrected chi connectivity index (χ2v) is 4.78. The number of hydrogen-bond donors (Lipinski definition) is 1. The molecule has 0 saturated heterocycles. The Kier molecular flexibility index (Phi) is 4.53. The van der Waals surface area contributed by atoms with Gasteiger partial charge in [-0.3, -0.25) is 4.98 Å². The van der Waals surface area contributed by atoms with Crippen molar-refractivity contribution in [1.29, 1.82) is 0 Å². The number of aliphatic hydroxyl groups is 1. The highest BCUT2D eigenvalue weighted by molar-refractivity contribution is 5.29. The summed E-state index contributed by atoms with van der Waals surface area (Å²) in [5.74, 6) is 0.823. The summed E-state index contributed by atoms with van der Waals surface area (Å²) in [6.07, 6.45) is 1.87. The topological polar surface area (TPSA) is 42.4 Å². The lowest BCUT2D eigenvalue weighted by molar-refractivity contribution is 0.177. The van der Waals surface area contributed by atoms with E-state index in [-0.39, 0.29) is 6.10 Å². The molecule has 0 amide bonds. The maximum atomic E-state index is 10.2. The Hall–Kier alpha value is -1.87. The van der Waals surface area contributed by atoms with Crippen molar-refractivity contribution in [2.75, 3.05) is 0 Å². The van der Waals surface area contributed by atoms with Gasteiger partial charge < -0.3 is 9.84 Å². The third kappa shape index (κ3) is 4.07. The minimum absolute atomic E-state index is 0.157. The van der Waals surface area contributed by atoms with Gasteiger partial charge in [0.25, 0.3) is 0 Å². The average molecular weight is 257 g/mol. The molecule has 0 aliphatic carbocycles. The van der Waals surface area contributed by atoms with Crippen molar-refractivity contribution in [3.8, 4) is 5.75 Å². The highest BCUT2D eigenvalue weighted by atomic mass is 16.5. The highest BCUT2D eigenvalue weighted by Gasteiger charge is 2.09. The lowest BCUT2D eigenvalue weighted by atomic mass is 10.0. The Balaban J connectivity index is 2.01. The average Bonchev–Trinajstić information content (AvgIpc) is 2.40. The van der Waals surface area contributed by atoms with Crippen LogP contribution in [-0.2, 0) is 6.42 Å². The van der Waals surface area contributed by atoms with Crippen molar-refractivity contribution in [3.63, 3.8) is 0 Å². The highest BCUT2D eigenvalue weighted by Crippen LogP contribution is 2.21. The summed E-state index contributed by atoms with van der Waals surface area (Å²) in [4.78, 5) is 4.22. The fourth-order valence-corrected chi connectivity index (χ4v) is 1.88. The second-order valence-electron chi connectivity index (χ2n) is 4.78. The molecule has 1 atom stereocenters. The molecule has 1 N–H and O–H groups in total. The van der Waals surface area contributed by atoms with Gasteiger partial charge in [-0.2, -0.15) is 0 Å². The number of nitrogens with zero attached hydrogens (tertiary/aromatic N) is 1. The van der Waals surface area contributed by atoms with Gasteiger partial charge >= 0.3 is 0 Å². The van der Waals surface area contributed by atoms with Crippen LogP contribution in [0.15, 0.2) is 48.7 Å². The van der Waals surface area contributed by atoms with E-state index in [1.807, 2.05) is 56.3 Å². The van der Waals surface area contributed by atoms with E-state index in [0.717, 1.165) is 17.0 Å². The van der Waals surface area contributed by atoms with Gasteiger partial charge in [0, 0.05) is 18.3 Å². The molecule has 1 unspecified atom stereocenters. The largest absolute Gasteiger partial charge is 0.491 e. The Morgan fingerprint density at radius 3 is 2.42 bits per heavy atom. The van der Waals surface area contributed by atoms with Crippen molar-refractivity contribution in [2.24, 2.45) is 0 Å². The number of ether oxygens (including phenoxy) is 1. The quantitative estimate of drug-likeness (QED) is 0.894. The predicted octanol–water partition coefficient (Wildman–Crippen LogP) is 3.14. The maximum Gasteiger partial charge on any atom is 0.119 e. The Morgan fingerprint density at radius 1 is 1.11 bits per heavy atom. The van der Waals surface area contributed by atoms with Crippen LogP contribution in [0.4, 0.5) is 0 Å². The first-order valence-corrected chi connectivity index (χ1v) is 6.50. The third-order valence-electron chi connectivity index (χ3n) is 2.77. The molecular formula is C16H19NO2. The minimum atomic E-state index is -0.539. The Morgan fingerprint density at radius 2 is 1.84 bits per heavy atom. The van der Waals surface area contributed by atoms with E-state index in [1.165, 1.54) is 0 Å². The summed E-state index contributed by atoms with van der Waals surface area (Å²) in [6.45, 7) is 3.98. The van der Waals surface area contributed by atoms with Crippen LogP contribution in [0.3, 0.4) is 0 Å². The van der Waals surface area contributed by atoms with E-state index in [2.05, 4.69) is 4.98 Å². The zero-order chi connectivity index (χ0) is 13.7. The maximum absolute atomic E-state index is 10.2. The number of pyridine rings is 1. The molecule has 1 heterocycles. The van der Waals surface area contributed by atoms with Crippen LogP contribution in [0, 0.1) is 0 Å². The van der Waals surface area contributed by atoms with Crippen LogP contribution < -0.4 is 4.74 Å². The summed E-state index contributed by atoms with van der Waals surface area (Å²) < 4.78 is 5.57. The van der Waals surface area contributed by atoms with Gasteiger partial charge in [0.1, 0.15) is 5.75 Å². The summed E-state index contributed by atoms with van der Waals surface area (Å²) in [7, 11) is 0. The van der Waals surface area contributed by atoms with Crippen LogP contribution in [0.25, 0.3) is 0 Å². The van der Waals surface area contributed by atoms with Crippen LogP contribution in [0.1, 0.15) is 31.2 Å². The van der Waals surface area contributed by atoms with E-state index in [4.69, 9.17) is 4.74 Å². The van der Waals surface area contributed by atoms with Crippen molar-refractivity contribution >= 4 is 0 Å². The molecule has 0 radical (unpaired) electrons. The fourth-order valence-electron chi connectivity index (χ4n) is 1.88. The van der Waals surface area contributed by atoms with E-state index in [0.29, 0.717) is 6.42 Å². The van der Waals surface area contributed by atoms with Crippen LogP contribution in [0.2, 0.25) is 0 Å². The molecular weight excluding hydrogens is 238 g/mol. The molecule has 1 aromatic heterocycles. The Bertz CT molecular complexity index is 494. The molecule has 3 heteroatoms. The van der Waals surface area contributed by atoms with Gasteiger partial charge in [0.15, 0.2) is 0 Å². The first-order valence-electron chi connectivity index (χ1n) is 6.50. The van der Waals surface area contributed by atoms with Crippen molar-refractivity contribution in [1.82, 2.24) is 4.98 Å². The van der Waals surface area contributed by atoms with Crippen molar-refractivity contribution in [2.45, 2.75) is 32.5 Å². The second kappa shape index (κ2) is 6.34. The van der Waals surface area contributed by atoms with Gasteiger partial charge in [-0.05, 0) is 43.7 Å². The SMILES string of the molecule is CC(C)Oc1ccc(C(O)Cc2ccccn2)cc1. The predicted molar refractivity (Wildman–Crippen MR) is 75.1 cm³/mol. The molecule has 0 spiro atoms. The normalized spacial score (nSPS) is 12.4. The van der Waals surface area contributed by atoms with Gasteiger partial charge in [0.05, 0.1) is 12.2 Å². The molecule has 1 aromatic carbocycles. The van der Waals surface area contributed by atoms with Crippen LogP contribution >= 0.6 is 0 Å². The first-order chi connectivity index (χ1) is 9.15. The lowest BCUT2D eigenvalue weighted by Crippen LogP contribution is -2.06. The lowest BCUT2D eigenvalue weighted by Gasteiger charge is -2.13. The molecule has 0 fully saturated rings. The van der Waals surface area contributed by atoms with Gasteiger partial charge in [-0.1, -0.05) is 18.2 Å². The van der Waals surface area contributed by atoms with E-state index >= 15 is 0 Å². The zero-order valence-corrected chi connectivity index (χ0v) is 11.3. The van der Waals surface area contributed by atoms with Gasteiger partial charge in [0.2, 0.25) is 0 Å². The van der Waals surface area contributed by atoms with Crippen molar-refractivity contribution in [3.05, 3.63) is 59.9 Å². The number of aliphatic hydroxyl groups excluding tert-OH is 1. The molecule has 0 aliphatic rings. The van der Waals surface area contributed by atoms with Gasteiger partial charge in [-0.25, -0.2) is 0 Å². The minimum Gasteiger partial charge on any atom is -0.491 e. The monoisotopic (exact) mass is 257 g/mol. The van der Waals surface area contributed by atoms with Gasteiger partial charge in [-0.15, -0.1) is 0 Å². The molecule has 19 heavy (non-hydrogen) atoms. The fraction of sp³-hybridized carbons (Fsp3) is 0.312. The Labute approximate surface area is 113 Å². The standard InChI is InChI=1S/C16H19NO2/c1-12(2)19-15-8-6-13(7-9-15)16(18)11-14-5-3-4-10-17-14/h3-10,12,16,18H,11H2,1-2H3. The molecule has 2 rings (SSSR count). The summed E-state index contributed by atoms with van der Waals surface area (Å²) in [5.41, 5.74) is 1.76. The van der Waals surface area contributed by atoms with Crippen LogP contribution in [0.5, 0.6) is 5.75 Å². The molecule has 0 saturated carbocycles. The summed E-state index contributed by atoms with van der Waals surface area (Å²) >= 11 is 0. The summed E-state index contributed by atoms with van der Waals surface area (Å²) in [6, 6.07) is 13.3. The molecule has 0 aliphatic heterocycles. The molecule has 100 valence electrons. The number of hydrogen-bond acceptors (Lipinski definition) is 3. The van der Waals surface area contributed by atoms with Crippen LogP contribution in [-0.4, -0.2) is 16.2 Å². The first kappa shape index (κ1) is 13.6. The third-order valence-corrected chi connectivity index (χ3v) is 2.77. The van der Waals surface area contributed by atoms with Crippen molar-refractivity contribution < 1.29 is 9.84 Å². The molecule has 0 bridgehead atoms. The molecule has 2 aromatic rings. The van der Waals surface area contributed by atoms with E-state index in [9.17, 15) is 5.11 Å². The van der Waals surface area contributed by atoms with E-state index in [1.54, 1.807) is 6.20 Å². The van der Waals surface area contributed by atoms with E-state index < -0.39 is 6.10 Å². The zero-order valence-electron chi connectivity index (χ0n) is 11.3. The number of benzene rings is 1. The smallest absolute Gasteiger partial charge is 0.119 e.